The lowest BCUT2D eigenvalue weighted by Crippen LogP contribution is -2.51. The van der Waals surface area contributed by atoms with E-state index < -0.39 is 0 Å². The van der Waals surface area contributed by atoms with Crippen LogP contribution in [0.15, 0.2) is 42.6 Å². The summed E-state index contributed by atoms with van der Waals surface area (Å²) in [4.78, 5) is 28.4. The largest absolute Gasteiger partial charge is 0.347 e. The van der Waals surface area contributed by atoms with E-state index in [0.717, 1.165) is 11.3 Å². The van der Waals surface area contributed by atoms with Crippen molar-refractivity contribution in [1.82, 2.24) is 14.4 Å². The van der Waals surface area contributed by atoms with Gasteiger partial charge in [0.1, 0.15) is 5.69 Å². The monoisotopic (exact) mass is 326 g/mol. The second-order valence-corrected chi connectivity index (χ2v) is 6.08. The fourth-order valence-corrected chi connectivity index (χ4v) is 2.88. The van der Waals surface area contributed by atoms with Gasteiger partial charge in [-0.15, -0.1) is 0 Å². The number of carbonyl (C=O) groups excluding carboxylic acids is 2. The molecule has 1 N–H and O–H groups in total. The summed E-state index contributed by atoms with van der Waals surface area (Å²) in [7, 11) is 1.86. The Bertz CT molecular complexity index is 745. The van der Waals surface area contributed by atoms with E-state index in [-0.39, 0.29) is 11.9 Å². The lowest BCUT2D eigenvalue weighted by molar-refractivity contribution is 0.0662. The third-order valence-electron chi connectivity index (χ3n) is 4.29. The van der Waals surface area contributed by atoms with Crippen LogP contribution in [0.25, 0.3) is 0 Å². The molecule has 1 fully saturated rings. The normalized spacial score (nSPS) is 14.6. The molecule has 3 rings (SSSR count). The molecule has 1 aromatic carbocycles. The van der Waals surface area contributed by atoms with Crippen LogP contribution in [0, 0.1) is 6.92 Å². The van der Waals surface area contributed by atoms with Gasteiger partial charge in [0.25, 0.3) is 5.91 Å². The van der Waals surface area contributed by atoms with Gasteiger partial charge in [-0.05, 0) is 36.8 Å². The molecule has 0 spiro atoms. The highest BCUT2D eigenvalue weighted by Crippen LogP contribution is 2.13. The average molecular weight is 326 g/mol. The van der Waals surface area contributed by atoms with Crippen LogP contribution in [0.5, 0.6) is 0 Å². The van der Waals surface area contributed by atoms with Crippen molar-refractivity contribution in [3.05, 3.63) is 53.9 Å². The standard InChI is InChI=1S/C18H22N4O2/c1-14-5-3-6-15(13-14)19-18(24)22-11-9-21(10-12-22)17(23)16-7-4-8-20(16)2/h3-8,13H,9-12H2,1-2H3,(H,19,24). The lowest BCUT2D eigenvalue weighted by atomic mass is 10.2. The number of rotatable bonds is 2. The first-order valence-corrected chi connectivity index (χ1v) is 8.08. The van der Waals surface area contributed by atoms with E-state index in [1.807, 2.05) is 61.1 Å². The van der Waals surface area contributed by atoms with Crippen LogP contribution < -0.4 is 5.32 Å². The van der Waals surface area contributed by atoms with Gasteiger partial charge in [0.15, 0.2) is 0 Å². The Morgan fingerprint density at radius 1 is 1.00 bits per heavy atom. The summed E-state index contributed by atoms with van der Waals surface area (Å²) in [5.41, 5.74) is 2.57. The smallest absolute Gasteiger partial charge is 0.321 e. The SMILES string of the molecule is Cc1cccc(NC(=O)N2CCN(C(=O)c3cccn3C)CC2)c1. The maximum Gasteiger partial charge on any atom is 0.321 e. The van der Waals surface area contributed by atoms with Crippen LogP contribution in [-0.4, -0.2) is 52.5 Å². The summed E-state index contributed by atoms with van der Waals surface area (Å²) in [6.07, 6.45) is 1.86. The second-order valence-electron chi connectivity index (χ2n) is 6.08. The van der Waals surface area contributed by atoms with Crippen LogP contribution in [0.3, 0.4) is 0 Å². The summed E-state index contributed by atoms with van der Waals surface area (Å²) < 4.78 is 1.82. The number of hydrogen-bond donors (Lipinski definition) is 1. The molecule has 0 atom stereocenters. The first kappa shape index (κ1) is 16.1. The highest BCUT2D eigenvalue weighted by molar-refractivity contribution is 5.93. The number of nitrogens with one attached hydrogen (secondary N) is 1. The molecule has 1 aliphatic rings. The zero-order valence-electron chi connectivity index (χ0n) is 14.0. The van der Waals surface area contributed by atoms with Crippen molar-refractivity contribution in [2.75, 3.05) is 31.5 Å². The van der Waals surface area contributed by atoms with E-state index in [1.54, 1.807) is 9.80 Å². The van der Waals surface area contributed by atoms with Crippen molar-refractivity contribution in [2.24, 2.45) is 7.05 Å². The third-order valence-corrected chi connectivity index (χ3v) is 4.29. The van der Waals surface area contributed by atoms with E-state index in [1.165, 1.54) is 0 Å². The number of urea groups is 1. The maximum absolute atomic E-state index is 12.5. The molecule has 1 aromatic heterocycles. The van der Waals surface area contributed by atoms with Crippen LogP contribution >= 0.6 is 0 Å². The summed E-state index contributed by atoms with van der Waals surface area (Å²) in [6.45, 7) is 4.15. The first-order chi connectivity index (χ1) is 11.5. The highest BCUT2D eigenvalue weighted by atomic mass is 16.2. The average Bonchev–Trinajstić information content (AvgIpc) is 3.00. The number of aromatic nitrogens is 1. The molecule has 0 radical (unpaired) electrons. The Morgan fingerprint density at radius 2 is 1.71 bits per heavy atom. The van der Waals surface area contributed by atoms with E-state index in [9.17, 15) is 9.59 Å². The number of amides is 3. The van der Waals surface area contributed by atoms with E-state index in [4.69, 9.17) is 0 Å². The molecule has 3 amide bonds. The number of nitrogens with zero attached hydrogens (tertiary/aromatic N) is 3. The molecule has 0 bridgehead atoms. The van der Waals surface area contributed by atoms with Gasteiger partial charge >= 0.3 is 6.03 Å². The Balaban J connectivity index is 1.56. The maximum atomic E-state index is 12.5. The predicted octanol–water partition coefficient (Wildman–Crippen LogP) is 2.32. The zero-order chi connectivity index (χ0) is 17.1. The number of benzene rings is 1. The van der Waals surface area contributed by atoms with Gasteiger partial charge < -0.3 is 19.7 Å². The fraction of sp³-hybridized carbons (Fsp3) is 0.333. The van der Waals surface area contributed by atoms with Crippen molar-refractivity contribution in [1.29, 1.82) is 0 Å². The van der Waals surface area contributed by atoms with Gasteiger partial charge in [-0.3, -0.25) is 4.79 Å². The number of aryl methyl sites for hydroxylation is 2. The van der Waals surface area contributed by atoms with Gasteiger partial charge in [-0.25, -0.2) is 4.79 Å². The van der Waals surface area contributed by atoms with Crippen molar-refractivity contribution >= 4 is 17.6 Å². The molecule has 126 valence electrons. The van der Waals surface area contributed by atoms with Crippen LogP contribution in [0.4, 0.5) is 10.5 Å². The minimum Gasteiger partial charge on any atom is -0.347 e. The van der Waals surface area contributed by atoms with Crippen LogP contribution in [0.1, 0.15) is 16.1 Å². The Labute approximate surface area is 141 Å². The second kappa shape index (κ2) is 6.78. The minimum atomic E-state index is -0.119. The summed E-state index contributed by atoms with van der Waals surface area (Å²) >= 11 is 0. The molecule has 2 aromatic rings. The van der Waals surface area contributed by atoms with Gasteiger partial charge in [-0.1, -0.05) is 12.1 Å². The molecular formula is C18H22N4O2. The molecule has 0 unspecified atom stereocenters. The van der Waals surface area contributed by atoms with Gasteiger partial charge in [0.2, 0.25) is 0 Å². The van der Waals surface area contributed by atoms with Gasteiger partial charge in [0.05, 0.1) is 0 Å². The molecule has 6 nitrogen and oxygen atoms in total. The van der Waals surface area contributed by atoms with E-state index in [0.29, 0.717) is 31.9 Å². The first-order valence-electron chi connectivity index (χ1n) is 8.08. The number of anilines is 1. The molecule has 2 heterocycles. The number of hydrogen-bond acceptors (Lipinski definition) is 2. The van der Waals surface area contributed by atoms with Crippen molar-refractivity contribution in [2.45, 2.75) is 6.92 Å². The molecule has 24 heavy (non-hydrogen) atoms. The van der Waals surface area contributed by atoms with Crippen LogP contribution in [-0.2, 0) is 7.05 Å². The van der Waals surface area contributed by atoms with Gasteiger partial charge in [-0.2, -0.15) is 0 Å². The van der Waals surface area contributed by atoms with Crippen molar-refractivity contribution < 1.29 is 9.59 Å². The lowest BCUT2D eigenvalue weighted by Gasteiger charge is -2.34. The fourth-order valence-electron chi connectivity index (χ4n) is 2.88. The molecular weight excluding hydrogens is 304 g/mol. The van der Waals surface area contributed by atoms with Crippen molar-refractivity contribution in [3.8, 4) is 0 Å². The Morgan fingerprint density at radius 3 is 2.33 bits per heavy atom. The molecule has 1 saturated heterocycles. The molecule has 1 aliphatic heterocycles. The summed E-state index contributed by atoms with van der Waals surface area (Å²) in [6, 6.07) is 11.3. The molecule has 6 heteroatoms. The topological polar surface area (TPSA) is 57.6 Å². The van der Waals surface area contributed by atoms with Crippen LogP contribution in [0.2, 0.25) is 0 Å². The van der Waals surface area contributed by atoms with Crippen molar-refractivity contribution in [3.63, 3.8) is 0 Å². The highest BCUT2D eigenvalue weighted by Gasteiger charge is 2.25. The third kappa shape index (κ3) is 3.42. The van der Waals surface area contributed by atoms with Gasteiger partial charge in [0, 0.05) is 45.1 Å². The quantitative estimate of drug-likeness (QED) is 0.921. The van der Waals surface area contributed by atoms with E-state index in [2.05, 4.69) is 5.32 Å². The Hall–Kier alpha value is -2.76. The van der Waals surface area contributed by atoms with E-state index >= 15 is 0 Å². The molecule has 0 saturated carbocycles. The summed E-state index contributed by atoms with van der Waals surface area (Å²) in [5, 5.41) is 2.91. The Kier molecular flexibility index (Phi) is 4.55. The number of carbonyl (C=O) groups is 2. The minimum absolute atomic E-state index is 0.0150. The summed E-state index contributed by atoms with van der Waals surface area (Å²) in [5.74, 6) is 0.0150. The molecule has 0 aliphatic carbocycles. The zero-order valence-corrected chi connectivity index (χ0v) is 14.0. The number of piperazine rings is 1. The predicted molar refractivity (Wildman–Crippen MR) is 93.1 cm³/mol.